The third-order valence-corrected chi connectivity index (χ3v) is 6.62. The Morgan fingerprint density at radius 1 is 1.31 bits per heavy atom. The molecule has 4 atom stereocenters. The van der Waals surface area contributed by atoms with Gasteiger partial charge < -0.3 is 19.6 Å². The van der Waals surface area contributed by atoms with Gasteiger partial charge in [-0.3, -0.25) is 9.59 Å². The number of carbonyl (C=O) groups excluding carboxylic acids is 1. The summed E-state index contributed by atoms with van der Waals surface area (Å²) in [7, 11) is 4.28. The largest absolute Gasteiger partial charge is 0.483 e. The third-order valence-electron chi connectivity index (χ3n) is 6.62. The second-order valence-corrected chi connectivity index (χ2v) is 9.17. The molecule has 29 heavy (non-hydrogen) atoms. The van der Waals surface area contributed by atoms with Gasteiger partial charge in [0, 0.05) is 31.3 Å². The van der Waals surface area contributed by atoms with Crippen LogP contribution in [0.15, 0.2) is 18.2 Å². The number of amides is 1. The highest BCUT2D eigenvalue weighted by molar-refractivity contribution is 5.77. The molecule has 3 fully saturated rings. The zero-order valence-electron chi connectivity index (χ0n) is 18.1. The van der Waals surface area contributed by atoms with Crippen LogP contribution in [0.1, 0.15) is 36.0 Å². The quantitative estimate of drug-likeness (QED) is 0.767. The number of ether oxygens (including phenoxy) is 1. The summed E-state index contributed by atoms with van der Waals surface area (Å²) >= 11 is 0. The molecule has 3 aliphatic rings. The zero-order chi connectivity index (χ0) is 21.2. The molecule has 4 rings (SSSR count). The number of aryl methyl sites for hydroxylation is 3. The minimum Gasteiger partial charge on any atom is -0.483 e. The van der Waals surface area contributed by atoms with Gasteiger partial charge in [0.05, 0.1) is 18.2 Å². The molecule has 3 aliphatic heterocycles. The monoisotopic (exact) mass is 402 g/mol. The number of carbonyl (C=O) groups is 2. The minimum absolute atomic E-state index is 0.0407. The number of likely N-dealkylation sites (tertiary alicyclic amines) is 1. The van der Waals surface area contributed by atoms with E-state index in [1.54, 1.807) is 0 Å². The Hall–Kier alpha value is -1.92. The summed E-state index contributed by atoms with van der Waals surface area (Å²) in [5, 5.41) is 6.89. The van der Waals surface area contributed by atoms with E-state index in [1.807, 2.05) is 0 Å². The molecule has 3 saturated heterocycles. The van der Waals surface area contributed by atoms with E-state index >= 15 is 0 Å². The van der Waals surface area contributed by atoms with Gasteiger partial charge in [0.15, 0.2) is 0 Å². The maximum atomic E-state index is 12.9. The summed E-state index contributed by atoms with van der Waals surface area (Å²) in [5.74, 6) is 1.40. The molecule has 0 aromatic heterocycles. The first-order chi connectivity index (χ1) is 13.8. The molecule has 0 radical (unpaired) electrons. The number of fused-ring (bicyclic) bond motifs is 1. The van der Waals surface area contributed by atoms with Gasteiger partial charge in [0.2, 0.25) is 5.91 Å². The maximum Gasteiger partial charge on any atom is 0.290 e. The SMILES string of the molecule is Cc1cc(C)cc(CCC(=O)N2C[C@@H]3[C@H](CN(C)C)[C@H]4CC[C@]3(C2)O4)c1.O=CO. The van der Waals surface area contributed by atoms with Crippen molar-refractivity contribution in [3.63, 3.8) is 0 Å². The lowest BCUT2D eigenvalue weighted by molar-refractivity contribution is -0.131. The van der Waals surface area contributed by atoms with Gasteiger partial charge in [-0.2, -0.15) is 0 Å². The lowest BCUT2D eigenvalue weighted by Gasteiger charge is -2.30. The lowest BCUT2D eigenvalue weighted by atomic mass is 9.73. The molecule has 0 saturated carbocycles. The fourth-order valence-corrected chi connectivity index (χ4v) is 5.67. The van der Waals surface area contributed by atoms with Crippen LogP contribution in [-0.2, 0) is 20.7 Å². The average Bonchev–Trinajstić information content (AvgIpc) is 3.29. The highest BCUT2D eigenvalue weighted by atomic mass is 16.5. The first-order valence-corrected chi connectivity index (χ1v) is 10.5. The van der Waals surface area contributed by atoms with Crippen molar-refractivity contribution in [2.24, 2.45) is 11.8 Å². The molecule has 1 aromatic rings. The Morgan fingerprint density at radius 3 is 2.59 bits per heavy atom. The van der Waals surface area contributed by atoms with Gasteiger partial charge in [0.1, 0.15) is 0 Å². The van der Waals surface area contributed by atoms with E-state index in [0.29, 0.717) is 30.3 Å². The fourth-order valence-electron chi connectivity index (χ4n) is 5.67. The van der Waals surface area contributed by atoms with Crippen molar-refractivity contribution in [1.82, 2.24) is 9.80 Å². The Bertz CT molecular complexity index is 730. The molecule has 1 aromatic carbocycles. The van der Waals surface area contributed by atoms with Gasteiger partial charge in [0.25, 0.3) is 6.47 Å². The number of nitrogens with zero attached hydrogens (tertiary/aromatic N) is 2. The third kappa shape index (κ3) is 4.64. The van der Waals surface area contributed by atoms with Crippen LogP contribution in [0.2, 0.25) is 0 Å². The molecule has 160 valence electrons. The molecule has 3 heterocycles. The number of benzene rings is 1. The smallest absolute Gasteiger partial charge is 0.290 e. The molecule has 1 N–H and O–H groups in total. The van der Waals surface area contributed by atoms with Crippen molar-refractivity contribution >= 4 is 12.4 Å². The number of hydrogen-bond donors (Lipinski definition) is 1. The molecule has 6 heteroatoms. The number of rotatable bonds is 5. The Labute approximate surface area is 173 Å². The van der Waals surface area contributed by atoms with Gasteiger partial charge >= 0.3 is 0 Å². The Morgan fingerprint density at radius 2 is 1.97 bits per heavy atom. The minimum atomic E-state index is -0.250. The van der Waals surface area contributed by atoms with Gasteiger partial charge in [-0.1, -0.05) is 29.3 Å². The van der Waals surface area contributed by atoms with Crippen LogP contribution >= 0.6 is 0 Å². The van der Waals surface area contributed by atoms with Crippen LogP contribution in [-0.4, -0.2) is 72.7 Å². The molecule has 0 aliphatic carbocycles. The second kappa shape index (κ2) is 8.84. The highest BCUT2D eigenvalue weighted by Gasteiger charge is 2.63. The topological polar surface area (TPSA) is 70.1 Å². The summed E-state index contributed by atoms with van der Waals surface area (Å²) < 4.78 is 6.45. The van der Waals surface area contributed by atoms with Crippen LogP contribution in [0.4, 0.5) is 0 Å². The predicted octanol–water partition coefficient (Wildman–Crippen LogP) is 2.50. The fraction of sp³-hybridized carbons (Fsp3) is 0.652. The molecular weight excluding hydrogens is 368 g/mol. The van der Waals surface area contributed by atoms with Crippen molar-refractivity contribution in [2.75, 3.05) is 33.7 Å². The highest BCUT2D eigenvalue weighted by Crippen LogP contribution is 2.54. The second-order valence-electron chi connectivity index (χ2n) is 9.17. The number of carboxylic acid groups (broad SMARTS) is 1. The molecule has 1 spiro atoms. The standard InChI is InChI=1S/C22H32N2O2.CH2O2/c1-15-9-16(2)11-17(10-15)5-6-21(25)24-13-19-18(12-23(3)4)20-7-8-22(19,14-24)26-20;2-1-3/h9-11,18-20H,5-8,12-14H2,1-4H3;1H,(H,2,3)/t18-,19+,20+,22+;/m0./s1. The maximum absolute atomic E-state index is 12.9. The van der Waals surface area contributed by atoms with Crippen LogP contribution in [0, 0.1) is 25.7 Å². The van der Waals surface area contributed by atoms with Crippen molar-refractivity contribution in [2.45, 2.75) is 51.2 Å². The van der Waals surface area contributed by atoms with Crippen LogP contribution < -0.4 is 0 Å². The van der Waals surface area contributed by atoms with Crippen molar-refractivity contribution in [3.05, 3.63) is 34.9 Å². The molecule has 6 nitrogen and oxygen atoms in total. The van der Waals surface area contributed by atoms with E-state index in [1.165, 1.54) is 23.1 Å². The van der Waals surface area contributed by atoms with E-state index in [-0.39, 0.29) is 12.1 Å². The molecular formula is C23H34N2O4. The van der Waals surface area contributed by atoms with Gasteiger partial charge in [-0.15, -0.1) is 0 Å². The molecule has 1 amide bonds. The predicted molar refractivity (Wildman–Crippen MR) is 112 cm³/mol. The van der Waals surface area contributed by atoms with E-state index in [2.05, 4.69) is 55.9 Å². The summed E-state index contributed by atoms with van der Waals surface area (Å²) in [5.41, 5.74) is 3.79. The van der Waals surface area contributed by atoms with Gasteiger partial charge in [-0.05, 0) is 52.8 Å². The Kier molecular flexibility index (Phi) is 6.64. The zero-order valence-corrected chi connectivity index (χ0v) is 18.1. The first kappa shape index (κ1) is 21.8. The van der Waals surface area contributed by atoms with Gasteiger partial charge in [-0.25, -0.2) is 0 Å². The molecule has 2 bridgehead atoms. The Balaban J connectivity index is 0.000000755. The van der Waals surface area contributed by atoms with E-state index in [4.69, 9.17) is 14.6 Å². The first-order valence-electron chi connectivity index (χ1n) is 10.5. The summed E-state index contributed by atoms with van der Waals surface area (Å²) in [4.78, 5) is 25.6. The van der Waals surface area contributed by atoms with E-state index in [0.717, 1.165) is 32.5 Å². The normalized spacial score (nSPS) is 29.6. The van der Waals surface area contributed by atoms with E-state index < -0.39 is 0 Å². The molecule has 0 unspecified atom stereocenters. The van der Waals surface area contributed by atoms with Crippen LogP contribution in [0.3, 0.4) is 0 Å². The van der Waals surface area contributed by atoms with Crippen molar-refractivity contribution < 1.29 is 19.4 Å². The summed E-state index contributed by atoms with van der Waals surface area (Å²) in [6.07, 6.45) is 4.15. The van der Waals surface area contributed by atoms with E-state index in [9.17, 15) is 4.79 Å². The summed E-state index contributed by atoms with van der Waals surface area (Å²) in [6, 6.07) is 6.59. The van der Waals surface area contributed by atoms with Crippen LogP contribution in [0.25, 0.3) is 0 Å². The number of hydrogen-bond acceptors (Lipinski definition) is 4. The lowest BCUT2D eigenvalue weighted by Crippen LogP contribution is -2.40. The average molecular weight is 403 g/mol. The van der Waals surface area contributed by atoms with Crippen LogP contribution in [0.5, 0.6) is 0 Å². The van der Waals surface area contributed by atoms with Crippen molar-refractivity contribution in [1.29, 1.82) is 0 Å². The summed E-state index contributed by atoms with van der Waals surface area (Å²) in [6.45, 7) is 6.77. The van der Waals surface area contributed by atoms with Crippen molar-refractivity contribution in [3.8, 4) is 0 Å².